The molecule has 76 valence electrons. The van der Waals surface area contributed by atoms with Crippen LogP contribution in [0.1, 0.15) is 19.3 Å². The fraction of sp³-hybridized carbons (Fsp3) is 1.00. The minimum Gasteiger partial charge on any atom is -0.317 e. The molecule has 4 nitrogen and oxygen atoms in total. The van der Waals surface area contributed by atoms with Gasteiger partial charge in [-0.3, -0.25) is 0 Å². The summed E-state index contributed by atoms with van der Waals surface area (Å²) < 4.78 is 24.8. The lowest BCUT2D eigenvalue weighted by Crippen LogP contribution is -2.43. The Hall–Kier alpha value is -0.130. The Bertz CT molecular complexity index is 270. The van der Waals surface area contributed by atoms with Gasteiger partial charge < -0.3 is 5.32 Å². The van der Waals surface area contributed by atoms with Crippen molar-refractivity contribution in [2.75, 3.05) is 25.4 Å². The van der Waals surface area contributed by atoms with Crippen molar-refractivity contribution in [1.82, 2.24) is 9.62 Å². The van der Waals surface area contributed by atoms with Crippen molar-refractivity contribution in [2.45, 2.75) is 25.3 Å². The quantitative estimate of drug-likeness (QED) is 0.642. The van der Waals surface area contributed by atoms with Gasteiger partial charge in [0.1, 0.15) is 0 Å². The Morgan fingerprint density at radius 2 is 1.92 bits per heavy atom. The van der Waals surface area contributed by atoms with Crippen molar-refractivity contribution in [1.29, 1.82) is 0 Å². The van der Waals surface area contributed by atoms with E-state index in [4.69, 9.17) is 0 Å². The molecule has 0 aromatic carbocycles. The lowest BCUT2D eigenvalue weighted by molar-refractivity contribution is 0.277. The van der Waals surface area contributed by atoms with Crippen LogP contribution in [-0.4, -0.2) is 44.2 Å². The first kappa shape index (κ1) is 9.43. The molecule has 0 bridgehead atoms. The van der Waals surface area contributed by atoms with Crippen molar-refractivity contribution >= 4 is 10.0 Å². The van der Waals surface area contributed by atoms with Crippen LogP contribution in [0.5, 0.6) is 0 Å². The average Bonchev–Trinajstić information content (AvgIpc) is 2.47. The molecule has 2 aliphatic heterocycles. The Balaban J connectivity index is 2.07. The van der Waals surface area contributed by atoms with Crippen molar-refractivity contribution in [3.05, 3.63) is 0 Å². The number of sulfonamides is 1. The highest BCUT2D eigenvalue weighted by molar-refractivity contribution is 7.89. The van der Waals surface area contributed by atoms with Crippen molar-refractivity contribution in [2.24, 2.45) is 0 Å². The van der Waals surface area contributed by atoms with Crippen LogP contribution in [0.25, 0.3) is 0 Å². The highest BCUT2D eigenvalue weighted by Gasteiger charge is 2.34. The van der Waals surface area contributed by atoms with Gasteiger partial charge in [-0.05, 0) is 32.4 Å². The molecule has 0 aliphatic carbocycles. The van der Waals surface area contributed by atoms with Crippen LogP contribution in [0, 0.1) is 0 Å². The van der Waals surface area contributed by atoms with Crippen molar-refractivity contribution in [3.8, 4) is 0 Å². The third-order valence-electron chi connectivity index (χ3n) is 2.85. The van der Waals surface area contributed by atoms with Crippen molar-refractivity contribution < 1.29 is 8.42 Å². The molecular weight excluding hydrogens is 188 g/mol. The first-order chi connectivity index (χ1) is 6.20. The monoisotopic (exact) mass is 204 g/mol. The third kappa shape index (κ3) is 1.87. The molecule has 0 aromatic rings. The molecule has 0 amide bonds. The minimum absolute atomic E-state index is 0.272. The van der Waals surface area contributed by atoms with E-state index in [0.29, 0.717) is 5.75 Å². The fourth-order valence-electron chi connectivity index (χ4n) is 2.16. The van der Waals surface area contributed by atoms with E-state index in [2.05, 4.69) is 5.32 Å². The smallest absolute Gasteiger partial charge is 0.214 e. The van der Waals surface area contributed by atoms with E-state index >= 15 is 0 Å². The van der Waals surface area contributed by atoms with Gasteiger partial charge >= 0.3 is 0 Å². The van der Waals surface area contributed by atoms with Gasteiger partial charge in [-0.2, -0.15) is 4.31 Å². The third-order valence-corrected chi connectivity index (χ3v) is 4.85. The highest BCUT2D eigenvalue weighted by Crippen LogP contribution is 2.21. The molecule has 5 heteroatoms. The van der Waals surface area contributed by atoms with Gasteiger partial charge in [0, 0.05) is 12.6 Å². The summed E-state index contributed by atoms with van der Waals surface area (Å²) in [7, 11) is -2.88. The molecule has 1 N–H and O–H groups in total. The topological polar surface area (TPSA) is 49.4 Å². The summed E-state index contributed by atoms with van der Waals surface area (Å²) in [6, 6.07) is 0.272. The van der Waals surface area contributed by atoms with Gasteiger partial charge in [0.2, 0.25) is 10.0 Å². The molecule has 2 rings (SSSR count). The zero-order valence-electron chi connectivity index (χ0n) is 7.70. The van der Waals surface area contributed by atoms with E-state index in [0.717, 1.165) is 38.9 Å². The van der Waals surface area contributed by atoms with E-state index < -0.39 is 10.0 Å². The molecule has 13 heavy (non-hydrogen) atoms. The summed E-state index contributed by atoms with van der Waals surface area (Å²) in [6.07, 6.45) is 2.75. The SMILES string of the molecule is O=S1(=O)CCCN1C1CCNCC1. The molecule has 2 fully saturated rings. The van der Waals surface area contributed by atoms with Crippen LogP contribution in [0.3, 0.4) is 0 Å². The molecule has 0 unspecified atom stereocenters. The number of hydrogen-bond donors (Lipinski definition) is 1. The van der Waals surface area contributed by atoms with Gasteiger partial charge in [0.15, 0.2) is 0 Å². The van der Waals surface area contributed by atoms with E-state index in [1.54, 1.807) is 4.31 Å². The normalized spacial score (nSPS) is 30.8. The van der Waals surface area contributed by atoms with Gasteiger partial charge in [0.25, 0.3) is 0 Å². The summed E-state index contributed by atoms with van der Waals surface area (Å²) in [5.41, 5.74) is 0. The van der Waals surface area contributed by atoms with Crippen LogP contribution in [-0.2, 0) is 10.0 Å². The average molecular weight is 204 g/mol. The zero-order chi connectivity index (χ0) is 9.31. The van der Waals surface area contributed by atoms with Gasteiger partial charge in [-0.15, -0.1) is 0 Å². The van der Waals surface area contributed by atoms with Crippen LogP contribution in [0.2, 0.25) is 0 Å². The van der Waals surface area contributed by atoms with Crippen molar-refractivity contribution in [3.63, 3.8) is 0 Å². The Kier molecular flexibility index (Phi) is 2.58. The summed E-state index contributed by atoms with van der Waals surface area (Å²) >= 11 is 0. The van der Waals surface area contributed by atoms with Crippen LogP contribution < -0.4 is 5.32 Å². The summed E-state index contributed by atoms with van der Waals surface area (Å²) in [5.74, 6) is 0.358. The summed E-state index contributed by atoms with van der Waals surface area (Å²) in [6.45, 7) is 2.65. The van der Waals surface area contributed by atoms with E-state index in [1.165, 1.54) is 0 Å². The van der Waals surface area contributed by atoms with E-state index in [1.807, 2.05) is 0 Å². The van der Waals surface area contributed by atoms with Gasteiger partial charge in [-0.25, -0.2) is 8.42 Å². The predicted molar refractivity (Wildman–Crippen MR) is 51.0 cm³/mol. The largest absolute Gasteiger partial charge is 0.317 e. The zero-order valence-corrected chi connectivity index (χ0v) is 8.52. The molecule has 2 aliphatic rings. The molecule has 0 radical (unpaired) electrons. The first-order valence-electron chi connectivity index (χ1n) is 4.90. The van der Waals surface area contributed by atoms with Crippen LogP contribution in [0.15, 0.2) is 0 Å². The number of hydrogen-bond acceptors (Lipinski definition) is 3. The molecule has 0 atom stereocenters. The number of rotatable bonds is 1. The maximum Gasteiger partial charge on any atom is 0.214 e. The molecule has 2 saturated heterocycles. The van der Waals surface area contributed by atoms with E-state index in [-0.39, 0.29) is 6.04 Å². The first-order valence-corrected chi connectivity index (χ1v) is 6.51. The molecule has 0 saturated carbocycles. The second-order valence-electron chi connectivity index (χ2n) is 3.76. The molecule has 0 spiro atoms. The van der Waals surface area contributed by atoms with Crippen LogP contribution >= 0.6 is 0 Å². The molecule has 0 aromatic heterocycles. The number of nitrogens with zero attached hydrogens (tertiary/aromatic N) is 1. The second-order valence-corrected chi connectivity index (χ2v) is 5.80. The lowest BCUT2D eigenvalue weighted by Gasteiger charge is -2.29. The Morgan fingerprint density at radius 1 is 1.23 bits per heavy atom. The Morgan fingerprint density at radius 3 is 2.46 bits per heavy atom. The maximum atomic E-state index is 11.6. The molecular formula is C8H16N2O2S. The summed E-state index contributed by atoms with van der Waals surface area (Å²) in [5, 5.41) is 3.24. The lowest BCUT2D eigenvalue weighted by atomic mass is 10.1. The van der Waals surface area contributed by atoms with E-state index in [9.17, 15) is 8.42 Å². The predicted octanol–water partition coefficient (Wildman–Crippen LogP) is -0.226. The fourth-order valence-corrected chi connectivity index (χ4v) is 3.96. The standard InChI is InChI=1S/C8H16N2O2S/c11-13(12)7-1-6-10(13)8-2-4-9-5-3-8/h8-9H,1-7H2. The van der Waals surface area contributed by atoms with Crippen LogP contribution in [0.4, 0.5) is 0 Å². The highest BCUT2D eigenvalue weighted by atomic mass is 32.2. The Labute approximate surface area is 79.4 Å². The molecule has 2 heterocycles. The minimum atomic E-state index is -2.88. The second kappa shape index (κ2) is 3.55. The number of piperidine rings is 1. The maximum absolute atomic E-state index is 11.6. The number of nitrogens with one attached hydrogen (secondary N) is 1. The summed E-state index contributed by atoms with van der Waals surface area (Å²) in [4.78, 5) is 0. The van der Waals surface area contributed by atoms with Gasteiger partial charge in [-0.1, -0.05) is 0 Å². The van der Waals surface area contributed by atoms with Gasteiger partial charge in [0.05, 0.1) is 5.75 Å².